The zero-order chi connectivity index (χ0) is 31.6. The highest BCUT2D eigenvalue weighted by Crippen LogP contribution is 2.50. The molecule has 1 amide bonds. The minimum absolute atomic E-state index is 0.0226. The number of halogens is 2. The van der Waals surface area contributed by atoms with E-state index in [1.807, 2.05) is 42.6 Å². The Labute approximate surface area is 267 Å². The summed E-state index contributed by atoms with van der Waals surface area (Å²) in [7, 11) is 0.462. The van der Waals surface area contributed by atoms with Crippen molar-refractivity contribution < 1.29 is 13.4 Å². The molecule has 1 aromatic heterocycles. The van der Waals surface area contributed by atoms with E-state index in [0.29, 0.717) is 16.5 Å². The maximum absolute atomic E-state index is 14.1. The first-order chi connectivity index (χ1) is 21.1. The summed E-state index contributed by atoms with van der Waals surface area (Å²) in [5, 5.41) is 0.539. The van der Waals surface area contributed by atoms with E-state index >= 15 is 0 Å². The molecule has 0 spiro atoms. The molecule has 6 nitrogen and oxygen atoms in total. The van der Waals surface area contributed by atoms with Crippen molar-refractivity contribution in [3.8, 4) is 0 Å². The molecule has 2 aliphatic rings. The Kier molecular flexibility index (Phi) is 9.73. The molecule has 4 aromatic rings. The number of amides is 1. The van der Waals surface area contributed by atoms with Crippen LogP contribution in [0.2, 0.25) is 5.02 Å². The monoisotopic (exact) mass is 634 g/mol. The van der Waals surface area contributed by atoms with Crippen molar-refractivity contribution in [2.45, 2.75) is 75.8 Å². The van der Waals surface area contributed by atoms with Crippen LogP contribution in [-0.2, 0) is 34.8 Å². The molecule has 0 radical (unpaired) electrons. The number of aromatic nitrogens is 2. The van der Waals surface area contributed by atoms with Gasteiger partial charge in [-0.25, -0.2) is 18.3 Å². The smallest absolute Gasteiger partial charge is 0.231 e. The number of fused-ring (bicyclic) bond motifs is 1. The number of hydrogen-bond acceptors (Lipinski definition) is 3. The van der Waals surface area contributed by atoms with Gasteiger partial charge in [0.1, 0.15) is 22.6 Å². The molecule has 2 aliphatic carbocycles. The quantitative estimate of drug-likeness (QED) is 0.214. The Hall–Kier alpha value is -3.33. The van der Waals surface area contributed by atoms with Crippen LogP contribution in [0, 0.1) is 11.7 Å². The Balaban J connectivity index is 0.00000188. The van der Waals surface area contributed by atoms with Crippen molar-refractivity contribution in [2.24, 2.45) is 13.0 Å². The lowest BCUT2D eigenvalue weighted by Crippen LogP contribution is -2.36. The van der Waals surface area contributed by atoms with Gasteiger partial charge in [0.05, 0.1) is 11.4 Å². The van der Waals surface area contributed by atoms with Crippen molar-refractivity contribution >= 4 is 34.2 Å². The minimum atomic E-state index is -1.46. The van der Waals surface area contributed by atoms with Gasteiger partial charge in [0.2, 0.25) is 5.91 Å². The first kappa shape index (κ1) is 32.1. The van der Waals surface area contributed by atoms with E-state index in [4.69, 9.17) is 11.6 Å². The molecule has 44 heavy (non-hydrogen) atoms. The standard InChI is InChI=1S/C33H34ClFN4O2S.C2H6/c1-33(2)14-13-30(37-42(41)25-6-4-5-22(34)17-25)28-18-24(11-12-29(28)33)39(20-31-36-15-16-38(31)3)32(40)27-19-26(27)21-7-9-23(35)10-8-21;1-2/h4-12,15-18,26-27,30,37H,13-14,19-20H2,1-3H3;1-2H3/t26-,27+,30?,42?;/m1./s1. The van der Waals surface area contributed by atoms with E-state index in [1.165, 1.54) is 17.7 Å². The largest absolute Gasteiger partial charge is 0.337 e. The average molecular weight is 635 g/mol. The molecule has 1 N–H and O–H groups in total. The summed E-state index contributed by atoms with van der Waals surface area (Å²) < 4.78 is 32.1. The van der Waals surface area contributed by atoms with E-state index in [1.54, 1.807) is 42.6 Å². The molecular weight excluding hydrogens is 595 g/mol. The summed E-state index contributed by atoms with van der Waals surface area (Å²) in [5.74, 6) is 0.391. The number of anilines is 1. The Morgan fingerprint density at radius 3 is 2.57 bits per heavy atom. The number of nitrogens with zero attached hydrogens (tertiary/aromatic N) is 3. The zero-order valence-corrected chi connectivity index (χ0v) is 27.5. The van der Waals surface area contributed by atoms with E-state index in [-0.39, 0.29) is 35.0 Å². The van der Waals surface area contributed by atoms with Crippen molar-refractivity contribution in [2.75, 3.05) is 4.90 Å². The van der Waals surface area contributed by atoms with Crippen LogP contribution in [0.4, 0.5) is 10.1 Å². The maximum atomic E-state index is 14.1. The van der Waals surface area contributed by atoms with Gasteiger partial charge in [0.15, 0.2) is 0 Å². The van der Waals surface area contributed by atoms with Gasteiger partial charge in [-0.15, -0.1) is 0 Å². The van der Waals surface area contributed by atoms with Crippen molar-refractivity contribution in [3.05, 3.63) is 112 Å². The molecule has 3 aromatic carbocycles. The number of carbonyl (C=O) groups is 1. The van der Waals surface area contributed by atoms with Crippen LogP contribution < -0.4 is 9.62 Å². The predicted molar refractivity (Wildman–Crippen MR) is 175 cm³/mol. The third-order valence-electron chi connectivity index (χ3n) is 8.66. The summed E-state index contributed by atoms with van der Waals surface area (Å²) in [6.07, 6.45) is 6.07. The van der Waals surface area contributed by atoms with Gasteiger partial charge in [-0.3, -0.25) is 4.79 Å². The second-order valence-electron chi connectivity index (χ2n) is 12.0. The molecule has 9 heteroatoms. The number of nitrogens with one attached hydrogen (secondary N) is 1. The highest BCUT2D eigenvalue weighted by Gasteiger charge is 2.46. The van der Waals surface area contributed by atoms with Crippen LogP contribution in [0.1, 0.15) is 81.4 Å². The first-order valence-corrected chi connectivity index (χ1v) is 16.7. The highest BCUT2D eigenvalue weighted by molar-refractivity contribution is 7.83. The molecule has 0 aliphatic heterocycles. The number of hydrogen-bond donors (Lipinski definition) is 1. The predicted octanol–water partition coefficient (Wildman–Crippen LogP) is 8.00. The van der Waals surface area contributed by atoms with E-state index in [9.17, 15) is 13.4 Å². The van der Waals surface area contributed by atoms with Gasteiger partial charge in [-0.2, -0.15) is 0 Å². The fraction of sp³-hybridized carbons (Fsp3) is 0.371. The molecule has 1 fully saturated rings. The second-order valence-corrected chi connectivity index (χ2v) is 13.7. The summed E-state index contributed by atoms with van der Waals surface area (Å²) in [6.45, 7) is 8.78. The lowest BCUT2D eigenvalue weighted by atomic mass is 9.71. The van der Waals surface area contributed by atoms with Crippen LogP contribution in [0.15, 0.2) is 84.0 Å². The molecule has 2 unspecified atom stereocenters. The molecule has 0 saturated heterocycles. The average Bonchev–Trinajstić information content (AvgIpc) is 3.72. The van der Waals surface area contributed by atoms with Gasteiger partial charge in [-0.05, 0) is 89.8 Å². The first-order valence-electron chi connectivity index (χ1n) is 15.2. The Bertz CT molecular complexity index is 1650. The number of imidazole rings is 1. The SMILES string of the molecule is CC.Cn1ccnc1CN(C(=O)[C@H]1C[C@@H]1c1ccc(F)cc1)c1ccc2c(c1)C(NS(=O)c1cccc(Cl)c1)CCC2(C)C. The minimum Gasteiger partial charge on any atom is -0.337 e. The summed E-state index contributed by atoms with van der Waals surface area (Å²) in [5.41, 5.74) is 3.92. The van der Waals surface area contributed by atoms with Gasteiger partial charge < -0.3 is 9.47 Å². The van der Waals surface area contributed by atoms with Gasteiger partial charge in [-0.1, -0.05) is 63.6 Å². The second kappa shape index (κ2) is 13.3. The fourth-order valence-corrected chi connectivity index (χ4v) is 7.38. The number of aryl methyl sites for hydroxylation is 1. The zero-order valence-electron chi connectivity index (χ0n) is 25.9. The molecule has 1 saturated carbocycles. The maximum Gasteiger partial charge on any atom is 0.231 e. The number of benzene rings is 3. The van der Waals surface area contributed by atoms with E-state index in [0.717, 1.165) is 41.9 Å². The van der Waals surface area contributed by atoms with Gasteiger partial charge in [0.25, 0.3) is 0 Å². The molecule has 1 heterocycles. The summed E-state index contributed by atoms with van der Waals surface area (Å²) in [6, 6.07) is 19.6. The molecule has 232 valence electrons. The van der Waals surface area contributed by atoms with Crippen LogP contribution in [0.25, 0.3) is 0 Å². The summed E-state index contributed by atoms with van der Waals surface area (Å²) >= 11 is 6.17. The highest BCUT2D eigenvalue weighted by atomic mass is 35.5. The van der Waals surface area contributed by atoms with Gasteiger partial charge in [0, 0.05) is 42.1 Å². The lowest BCUT2D eigenvalue weighted by Gasteiger charge is -2.38. The fourth-order valence-electron chi connectivity index (χ4n) is 6.05. The van der Waals surface area contributed by atoms with E-state index < -0.39 is 11.0 Å². The van der Waals surface area contributed by atoms with E-state index in [2.05, 4.69) is 35.7 Å². The van der Waals surface area contributed by atoms with Gasteiger partial charge >= 0.3 is 0 Å². The molecular formula is C35H40ClFN4O2S. The third-order valence-corrected chi connectivity index (χ3v) is 10.1. The normalized spacial score (nSPS) is 20.6. The van der Waals surface area contributed by atoms with Crippen LogP contribution in [0.3, 0.4) is 0 Å². The third kappa shape index (κ3) is 6.82. The van der Waals surface area contributed by atoms with Crippen LogP contribution >= 0.6 is 11.6 Å². The van der Waals surface area contributed by atoms with Crippen molar-refractivity contribution in [1.29, 1.82) is 0 Å². The van der Waals surface area contributed by atoms with Crippen molar-refractivity contribution in [1.82, 2.24) is 14.3 Å². The number of carbonyl (C=O) groups excluding carboxylic acids is 1. The summed E-state index contributed by atoms with van der Waals surface area (Å²) in [4.78, 5) is 21.0. The van der Waals surface area contributed by atoms with Crippen molar-refractivity contribution in [3.63, 3.8) is 0 Å². The topological polar surface area (TPSA) is 67.2 Å². The lowest BCUT2D eigenvalue weighted by molar-refractivity contribution is -0.120. The molecule has 4 atom stereocenters. The number of rotatable bonds is 8. The van der Waals surface area contributed by atoms with Crippen LogP contribution in [0.5, 0.6) is 0 Å². The Morgan fingerprint density at radius 1 is 1.14 bits per heavy atom. The molecule has 0 bridgehead atoms. The Morgan fingerprint density at radius 2 is 1.89 bits per heavy atom. The molecule has 6 rings (SSSR count). The van der Waals surface area contributed by atoms with Crippen LogP contribution in [-0.4, -0.2) is 19.7 Å².